The van der Waals surface area contributed by atoms with E-state index in [1.807, 2.05) is 0 Å². The van der Waals surface area contributed by atoms with E-state index in [0.717, 1.165) is 26.1 Å². The third kappa shape index (κ3) is 3.78. The zero-order valence-electron chi connectivity index (χ0n) is 12.6. The minimum atomic E-state index is 0.321. The second-order valence-corrected chi connectivity index (χ2v) is 5.77. The topological polar surface area (TPSA) is 24.5 Å². The van der Waals surface area contributed by atoms with Crippen molar-refractivity contribution in [1.82, 2.24) is 10.2 Å². The molecule has 0 radical (unpaired) electrons. The molecule has 0 amide bonds. The first kappa shape index (κ1) is 14.5. The molecule has 1 N–H and O–H groups in total. The highest BCUT2D eigenvalue weighted by atomic mass is 16.5. The van der Waals surface area contributed by atoms with E-state index in [9.17, 15) is 0 Å². The number of aryl methyl sites for hydroxylation is 2. The lowest BCUT2D eigenvalue weighted by molar-refractivity contribution is 0.00888. The zero-order valence-corrected chi connectivity index (χ0v) is 12.6. The summed E-state index contributed by atoms with van der Waals surface area (Å²) >= 11 is 0. The Morgan fingerprint density at radius 1 is 1.37 bits per heavy atom. The number of nitrogens with one attached hydrogen (secondary N) is 1. The van der Waals surface area contributed by atoms with Crippen molar-refractivity contribution in [3.63, 3.8) is 0 Å². The molecule has 106 valence electrons. The monoisotopic (exact) mass is 262 g/mol. The van der Waals surface area contributed by atoms with Gasteiger partial charge < -0.3 is 15.0 Å². The van der Waals surface area contributed by atoms with Crippen LogP contribution in [0.1, 0.15) is 29.2 Å². The Morgan fingerprint density at radius 3 is 2.74 bits per heavy atom. The summed E-state index contributed by atoms with van der Waals surface area (Å²) in [6.07, 6.45) is 1.37. The highest BCUT2D eigenvalue weighted by Gasteiger charge is 2.23. The van der Waals surface area contributed by atoms with Crippen LogP contribution in [0.4, 0.5) is 0 Å². The Bertz CT molecular complexity index is 411. The van der Waals surface area contributed by atoms with Crippen molar-refractivity contribution < 1.29 is 4.74 Å². The van der Waals surface area contributed by atoms with E-state index < -0.39 is 0 Å². The fraction of sp³-hybridized carbons (Fsp3) is 0.625. The standard InChI is InChI=1S/C16H26N2O/c1-12-5-6-15(13(2)9-12)16(18(3)4)10-14-11-17-7-8-19-14/h5-6,9,14,16-17H,7-8,10-11H2,1-4H3. The summed E-state index contributed by atoms with van der Waals surface area (Å²) in [5, 5.41) is 3.41. The maximum absolute atomic E-state index is 5.85. The fourth-order valence-electron chi connectivity index (χ4n) is 2.84. The van der Waals surface area contributed by atoms with Gasteiger partial charge in [-0.2, -0.15) is 0 Å². The molecule has 1 aromatic carbocycles. The summed E-state index contributed by atoms with van der Waals surface area (Å²) in [4.78, 5) is 2.30. The van der Waals surface area contributed by atoms with Crippen LogP contribution in [0.25, 0.3) is 0 Å². The van der Waals surface area contributed by atoms with Gasteiger partial charge in [-0.25, -0.2) is 0 Å². The molecule has 0 bridgehead atoms. The quantitative estimate of drug-likeness (QED) is 0.901. The van der Waals surface area contributed by atoms with Gasteiger partial charge in [0.15, 0.2) is 0 Å². The van der Waals surface area contributed by atoms with Crippen molar-refractivity contribution in [2.45, 2.75) is 32.4 Å². The molecule has 1 aromatic rings. The van der Waals surface area contributed by atoms with Crippen LogP contribution < -0.4 is 5.32 Å². The molecule has 1 aliphatic rings. The molecule has 2 rings (SSSR count). The molecular weight excluding hydrogens is 236 g/mol. The molecule has 3 nitrogen and oxygen atoms in total. The summed E-state index contributed by atoms with van der Waals surface area (Å²) in [6, 6.07) is 7.17. The SMILES string of the molecule is Cc1ccc(C(CC2CNCCO2)N(C)C)c(C)c1. The van der Waals surface area contributed by atoms with Gasteiger partial charge in [0.25, 0.3) is 0 Å². The van der Waals surface area contributed by atoms with Crippen molar-refractivity contribution >= 4 is 0 Å². The van der Waals surface area contributed by atoms with E-state index in [2.05, 4.69) is 56.4 Å². The summed E-state index contributed by atoms with van der Waals surface area (Å²) in [6.45, 7) is 7.13. The zero-order chi connectivity index (χ0) is 13.8. The number of rotatable bonds is 4. The van der Waals surface area contributed by atoms with Gasteiger partial charge in [0.1, 0.15) is 0 Å². The molecule has 1 heterocycles. The lowest BCUT2D eigenvalue weighted by atomic mass is 9.94. The van der Waals surface area contributed by atoms with Crippen molar-refractivity contribution in [1.29, 1.82) is 0 Å². The number of nitrogens with zero attached hydrogens (tertiary/aromatic N) is 1. The van der Waals surface area contributed by atoms with Crippen molar-refractivity contribution in [3.8, 4) is 0 Å². The smallest absolute Gasteiger partial charge is 0.0718 e. The minimum Gasteiger partial charge on any atom is -0.376 e. The number of ether oxygens (including phenoxy) is 1. The molecule has 2 unspecified atom stereocenters. The Hall–Kier alpha value is -0.900. The molecule has 0 aromatic heterocycles. The summed E-state index contributed by atoms with van der Waals surface area (Å²) in [7, 11) is 4.31. The van der Waals surface area contributed by atoms with E-state index in [-0.39, 0.29) is 0 Å². The molecule has 2 atom stereocenters. The molecule has 0 aliphatic carbocycles. The number of hydrogen-bond acceptors (Lipinski definition) is 3. The lowest BCUT2D eigenvalue weighted by Crippen LogP contribution is -2.40. The maximum atomic E-state index is 5.85. The van der Waals surface area contributed by atoms with E-state index in [1.54, 1.807) is 0 Å². The summed E-state index contributed by atoms with van der Waals surface area (Å²) < 4.78 is 5.85. The third-order valence-electron chi connectivity index (χ3n) is 3.90. The molecule has 19 heavy (non-hydrogen) atoms. The van der Waals surface area contributed by atoms with Gasteiger partial charge >= 0.3 is 0 Å². The first-order valence-electron chi connectivity index (χ1n) is 7.14. The average Bonchev–Trinajstić information content (AvgIpc) is 2.38. The van der Waals surface area contributed by atoms with Crippen LogP contribution in [0.15, 0.2) is 18.2 Å². The normalized spacial score (nSPS) is 21.6. The highest BCUT2D eigenvalue weighted by molar-refractivity contribution is 5.33. The van der Waals surface area contributed by atoms with Gasteiger partial charge in [-0.3, -0.25) is 0 Å². The van der Waals surface area contributed by atoms with Gasteiger partial charge in [0, 0.05) is 19.1 Å². The first-order chi connectivity index (χ1) is 9.08. The van der Waals surface area contributed by atoms with Crippen molar-refractivity contribution in [3.05, 3.63) is 34.9 Å². The highest BCUT2D eigenvalue weighted by Crippen LogP contribution is 2.28. The molecule has 0 saturated carbocycles. The van der Waals surface area contributed by atoms with Gasteiger partial charge in [-0.15, -0.1) is 0 Å². The van der Waals surface area contributed by atoms with Crippen LogP contribution in [0.5, 0.6) is 0 Å². The third-order valence-corrected chi connectivity index (χ3v) is 3.90. The van der Waals surface area contributed by atoms with Gasteiger partial charge in [0.2, 0.25) is 0 Å². The predicted octanol–water partition coefficient (Wildman–Crippen LogP) is 2.28. The Labute approximate surface area is 116 Å². The van der Waals surface area contributed by atoms with Gasteiger partial charge in [0.05, 0.1) is 12.7 Å². The maximum Gasteiger partial charge on any atom is 0.0718 e. The summed E-state index contributed by atoms with van der Waals surface area (Å²) in [5.41, 5.74) is 4.13. The minimum absolute atomic E-state index is 0.321. The number of morpholine rings is 1. The van der Waals surface area contributed by atoms with Crippen LogP contribution in [0, 0.1) is 13.8 Å². The molecule has 1 aliphatic heterocycles. The number of hydrogen-bond donors (Lipinski definition) is 1. The molecule has 1 fully saturated rings. The Kier molecular flexibility index (Phi) is 4.97. The van der Waals surface area contributed by atoms with Crippen LogP contribution in [0.2, 0.25) is 0 Å². The van der Waals surface area contributed by atoms with Crippen LogP contribution in [0.3, 0.4) is 0 Å². The van der Waals surface area contributed by atoms with Crippen LogP contribution in [-0.2, 0) is 4.74 Å². The largest absolute Gasteiger partial charge is 0.376 e. The second kappa shape index (κ2) is 6.51. The number of benzene rings is 1. The van der Waals surface area contributed by atoms with Crippen molar-refractivity contribution in [2.75, 3.05) is 33.8 Å². The fourth-order valence-corrected chi connectivity index (χ4v) is 2.84. The molecule has 3 heteroatoms. The lowest BCUT2D eigenvalue weighted by Gasteiger charge is -2.32. The van der Waals surface area contributed by atoms with Crippen LogP contribution in [-0.4, -0.2) is 44.8 Å². The van der Waals surface area contributed by atoms with E-state index in [0.29, 0.717) is 12.1 Å². The predicted molar refractivity (Wildman–Crippen MR) is 79.6 cm³/mol. The molecule has 0 spiro atoms. The Morgan fingerprint density at radius 2 is 2.16 bits per heavy atom. The second-order valence-electron chi connectivity index (χ2n) is 5.77. The van der Waals surface area contributed by atoms with Crippen LogP contribution >= 0.6 is 0 Å². The van der Waals surface area contributed by atoms with E-state index >= 15 is 0 Å². The summed E-state index contributed by atoms with van der Waals surface area (Å²) in [5.74, 6) is 0. The molecular formula is C16H26N2O. The van der Waals surface area contributed by atoms with Gasteiger partial charge in [-0.05, 0) is 45.5 Å². The van der Waals surface area contributed by atoms with Crippen molar-refractivity contribution in [2.24, 2.45) is 0 Å². The van der Waals surface area contributed by atoms with E-state index in [4.69, 9.17) is 4.74 Å². The molecule has 1 saturated heterocycles. The van der Waals surface area contributed by atoms with E-state index in [1.165, 1.54) is 16.7 Å². The first-order valence-corrected chi connectivity index (χ1v) is 7.14. The average molecular weight is 262 g/mol. The van der Waals surface area contributed by atoms with Gasteiger partial charge in [-0.1, -0.05) is 23.8 Å². The Balaban J connectivity index is 2.14.